The van der Waals surface area contributed by atoms with Crippen LogP contribution in [0.4, 0.5) is 5.69 Å². The lowest BCUT2D eigenvalue weighted by Gasteiger charge is -2.23. The summed E-state index contributed by atoms with van der Waals surface area (Å²) < 4.78 is 26.5. The molecule has 0 bridgehead atoms. The minimum Gasteiger partial charge on any atom is -0.329 e. The molecule has 0 aromatic heterocycles. The fraction of sp³-hybridized carbons (Fsp3) is 0.455. The third kappa shape index (κ3) is 3.29. The van der Waals surface area contributed by atoms with Crippen LogP contribution in [0.2, 0.25) is 5.02 Å². The normalized spacial score (nSPS) is 19.2. The molecule has 1 saturated heterocycles. The topological polar surface area (TPSA) is 107 Å². The molecule has 1 fully saturated rings. The lowest BCUT2D eigenvalue weighted by atomic mass is 10.2. The van der Waals surface area contributed by atoms with Gasteiger partial charge in [0.1, 0.15) is 0 Å². The third-order valence-electron chi connectivity index (χ3n) is 3.30. The van der Waals surface area contributed by atoms with Crippen molar-refractivity contribution in [1.82, 2.24) is 4.31 Å². The fourth-order valence-corrected chi connectivity index (χ4v) is 4.75. The first-order valence-corrected chi connectivity index (χ1v) is 7.86. The summed E-state index contributed by atoms with van der Waals surface area (Å²) in [7, 11) is -4.03. The molecule has 118 valence electrons. The van der Waals surface area contributed by atoms with Gasteiger partial charge in [0, 0.05) is 25.2 Å². The second-order valence-electron chi connectivity index (χ2n) is 4.49. The van der Waals surface area contributed by atoms with Crippen molar-refractivity contribution in [3.63, 3.8) is 0 Å². The van der Waals surface area contributed by atoms with Gasteiger partial charge < -0.3 is 5.73 Å². The molecule has 0 amide bonds. The maximum atomic E-state index is 12.6. The number of nitrogens with two attached hydrogens (primary N) is 1. The fourth-order valence-electron chi connectivity index (χ4n) is 2.38. The molecule has 1 aliphatic rings. The van der Waals surface area contributed by atoms with E-state index >= 15 is 0 Å². The lowest BCUT2D eigenvalue weighted by Crippen LogP contribution is -2.40. The Labute approximate surface area is 133 Å². The van der Waals surface area contributed by atoms with Gasteiger partial charge in [-0.25, -0.2) is 8.42 Å². The Morgan fingerprint density at radius 3 is 2.71 bits per heavy atom. The molecule has 2 N–H and O–H groups in total. The van der Waals surface area contributed by atoms with E-state index in [1.165, 1.54) is 16.4 Å². The third-order valence-corrected chi connectivity index (χ3v) is 5.77. The Kier molecular flexibility index (Phi) is 5.94. The van der Waals surface area contributed by atoms with Crippen molar-refractivity contribution in [3.8, 4) is 0 Å². The Hall–Kier alpha value is -0.930. The maximum Gasteiger partial charge on any atom is 0.290 e. The number of nitro benzene ring substituents is 1. The second kappa shape index (κ2) is 6.89. The van der Waals surface area contributed by atoms with E-state index < -0.39 is 25.5 Å². The van der Waals surface area contributed by atoms with Crippen molar-refractivity contribution < 1.29 is 13.3 Å². The summed E-state index contributed by atoms with van der Waals surface area (Å²) in [6, 6.07) is 3.47. The number of hydrogen-bond donors (Lipinski definition) is 1. The predicted octanol–water partition coefficient (Wildman–Crippen LogP) is 1.78. The molecule has 1 aliphatic heterocycles. The van der Waals surface area contributed by atoms with Crippen LogP contribution in [-0.4, -0.2) is 36.8 Å². The van der Waals surface area contributed by atoms with E-state index in [9.17, 15) is 18.5 Å². The van der Waals surface area contributed by atoms with Gasteiger partial charge in [0.25, 0.3) is 15.7 Å². The standard InChI is InChI=1S/C11H14ClN3O4S.ClH/c12-9-4-1-5-10(15(16)17)11(9)20(18,19)14-6-2-3-8(14)7-13;/h1,4-5,8H,2-3,6-7,13H2;1H. The smallest absolute Gasteiger partial charge is 0.290 e. The van der Waals surface area contributed by atoms with Gasteiger partial charge in [0.2, 0.25) is 0 Å². The van der Waals surface area contributed by atoms with Crippen molar-refractivity contribution in [3.05, 3.63) is 33.3 Å². The summed E-state index contributed by atoms with van der Waals surface area (Å²) in [4.78, 5) is 9.83. The van der Waals surface area contributed by atoms with E-state index in [-0.39, 0.29) is 30.0 Å². The predicted molar refractivity (Wildman–Crippen MR) is 81.3 cm³/mol. The van der Waals surface area contributed by atoms with E-state index in [1.807, 2.05) is 0 Å². The van der Waals surface area contributed by atoms with Crippen LogP contribution in [0.1, 0.15) is 12.8 Å². The molecule has 0 radical (unpaired) electrons. The molecule has 7 nitrogen and oxygen atoms in total. The molecular formula is C11H15Cl2N3O4S. The van der Waals surface area contributed by atoms with Crippen LogP contribution in [0.25, 0.3) is 0 Å². The van der Waals surface area contributed by atoms with Crippen molar-refractivity contribution >= 4 is 39.7 Å². The maximum absolute atomic E-state index is 12.6. The number of benzene rings is 1. The van der Waals surface area contributed by atoms with Gasteiger partial charge >= 0.3 is 0 Å². The summed E-state index contributed by atoms with van der Waals surface area (Å²) in [5, 5.41) is 10.9. The monoisotopic (exact) mass is 355 g/mol. The van der Waals surface area contributed by atoms with Crippen LogP contribution < -0.4 is 5.73 Å². The Bertz CT molecular complexity index is 638. The molecule has 1 atom stereocenters. The molecule has 1 aromatic rings. The van der Waals surface area contributed by atoms with Gasteiger partial charge in [0.05, 0.1) is 9.95 Å². The van der Waals surface area contributed by atoms with Crippen LogP contribution in [-0.2, 0) is 10.0 Å². The number of nitro groups is 1. The zero-order valence-corrected chi connectivity index (χ0v) is 13.3. The van der Waals surface area contributed by atoms with Crippen molar-refractivity contribution in [2.24, 2.45) is 5.73 Å². The van der Waals surface area contributed by atoms with Gasteiger partial charge in [-0.2, -0.15) is 4.31 Å². The molecule has 0 saturated carbocycles. The van der Waals surface area contributed by atoms with E-state index in [1.54, 1.807) is 0 Å². The average molecular weight is 356 g/mol. The zero-order valence-electron chi connectivity index (χ0n) is 10.9. The molecule has 2 rings (SSSR count). The first-order valence-electron chi connectivity index (χ1n) is 6.04. The molecule has 0 aliphatic carbocycles. The quantitative estimate of drug-likeness (QED) is 0.654. The molecule has 1 aromatic carbocycles. The summed E-state index contributed by atoms with van der Waals surface area (Å²) in [6.45, 7) is 0.476. The minimum absolute atomic E-state index is 0. The van der Waals surface area contributed by atoms with E-state index in [0.717, 1.165) is 6.07 Å². The Balaban J connectivity index is 0.00000220. The van der Waals surface area contributed by atoms with Crippen LogP contribution >= 0.6 is 24.0 Å². The first-order chi connectivity index (χ1) is 9.39. The summed E-state index contributed by atoms with van der Waals surface area (Å²) >= 11 is 5.89. The lowest BCUT2D eigenvalue weighted by molar-refractivity contribution is -0.387. The van der Waals surface area contributed by atoms with Crippen LogP contribution in [0, 0.1) is 10.1 Å². The highest BCUT2D eigenvalue weighted by Crippen LogP contribution is 2.35. The highest BCUT2D eigenvalue weighted by Gasteiger charge is 2.39. The van der Waals surface area contributed by atoms with Gasteiger partial charge in [0.15, 0.2) is 4.90 Å². The summed E-state index contributed by atoms with van der Waals surface area (Å²) in [5.74, 6) is 0. The van der Waals surface area contributed by atoms with E-state index in [0.29, 0.717) is 19.4 Å². The molecule has 21 heavy (non-hydrogen) atoms. The van der Waals surface area contributed by atoms with Crippen molar-refractivity contribution in [2.75, 3.05) is 13.1 Å². The van der Waals surface area contributed by atoms with Crippen molar-refractivity contribution in [1.29, 1.82) is 0 Å². The van der Waals surface area contributed by atoms with E-state index in [2.05, 4.69) is 0 Å². The van der Waals surface area contributed by atoms with Gasteiger partial charge in [-0.3, -0.25) is 10.1 Å². The molecule has 10 heteroatoms. The largest absolute Gasteiger partial charge is 0.329 e. The van der Waals surface area contributed by atoms with Gasteiger partial charge in [-0.05, 0) is 18.9 Å². The Morgan fingerprint density at radius 2 is 2.14 bits per heavy atom. The average Bonchev–Trinajstić information content (AvgIpc) is 2.87. The number of sulfonamides is 1. The highest BCUT2D eigenvalue weighted by molar-refractivity contribution is 7.89. The van der Waals surface area contributed by atoms with Gasteiger partial charge in [-0.1, -0.05) is 17.7 Å². The molecular weight excluding hydrogens is 341 g/mol. The molecule has 0 spiro atoms. The van der Waals surface area contributed by atoms with Crippen LogP contribution in [0.3, 0.4) is 0 Å². The summed E-state index contributed by atoms with van der Waals surface area (Å²) in [5.41, 5.74) is 5.05. The van der Waals surface area contributed by atoms with Crippen LogP contribution in [0.5, 0.6) is 0 Å². The van der Waals surface area contributed by atoms with Crippen LogP contribution in [0.15, 0.2) is 23.1 Å². The van der Waals surface area contributed by atoms with Gasteiger partial charge in [-0.15, -0.1) is 12.4 Å². The van der Waals surface area contributed by atoms with Crippen molar-refractivity contribution in [2.45, 2.75) is 23.8 Å². The number of hydrogen-bond acceptors (Lipinski definition) is 5. The zero-order chi connectivity index (χ0) is 14.9. The SMILES string of the molecule is Cl.NCC1CCCN1S(=O)(=O)c1c(Cl)cccc1[N+](=O)[O-]. The highest BCUT2D eigenvalue weighted by atomic mass is 35.5. The summed E-state index contributed by atoms with van der Waals surface area (Å²) in [6.07, 6.45) is 1.33. The minimum atomic E-state index is -4.03. The van der Waals surface area contributed by atoms with E-state index in [4.69, 9.17) is 17.3 Å². The number of halogens is 2. The first kappa shape index (κ1) is 18.1. The Morgan fingerprint density at radius 1 is 1.48 bits per heavy atom. The number of rotatable bonds is 4. The second-order valence-corrected chi connectivity index (χ2v) is 6.73. The number of nitrogens with zero attached hydrogens (tertiary/aromatic N) is 2. The molecule has 1 heterocycles. The molecule has 1 unspecified atom stereocenters.